The van der Waals surface area contributed by atoms with Gasteiger partial charge in [-0.1, -0.05) is 50.2 Å². The molecule has 3 aromatic rings. The van der Waals surface area contributed by atoms with Gasteiger partial charge in [-0.25, -0.2) is 9.97 Å². The molecule has 0 fully saturated rings. The fourth-order valence-corrected chi connectivity index (χ4v) is 3.82. The van der Waals surface area contributed by atoms with E-state index in [1.54, 1.807) is 0 Å². The van der Waals surface area contributed by atoms with E-state index in [9.17, 15) is 0 Å². The van der Waals surface area contributed by atoms with E-state index in [2.05, 4.69) is 62.2 Å². The number of hydrogen-bond acceptors (Lipinski definition) is 2. The summed E-state index contributed by atoms with van der Waals surface area (Å²) in [6.45, 7) is 8.63. The molecule has 0 N–H and O–H groups in total. The van der Waals surface area contributed by atoms with E-state index in [0.717, 1.165) is 17.2 Å². The molecule has 2 heteroatoms. The molecule has 1 aliphatic carbocycles. The summed E-state index contributed by atoms with van der Waals surface area (Å²) in [4.78, 5) is 9.38. The van der Waals surface area contributed by atoms with E-state index in [4.69, 9.17) is 4.98 Å². The van der Waals surface area contributed by atoms with Crippen LogP contribution >= 0.6 is 0 Å². The monoisotopic (exact) mass is 274 g/mol. The molecule has 0 bridgehead atoms. The third-order valence-corrected chi connectivity index (χ3v) is 4.67. The van der Waals surface area contributed by atoms with Crippen LogP contribution in [0.3, 0.4) is 0 Å². The Morgan fingerprint density at radius 2 is 1.67 bits per heavy atom. The van der Waals surface area contributed by atoms with Gasteiger partial charge in [-0.15, -0.1) is 0 Å². The summed E-state index contributed by atoms with van der Waals surface area (Å²) in [7, 11) is 0. The minimum absolute atomic E-state index is 0.0352. The molecule has 0 spiro atoms. The Hall–Kier alpha value is -2.22. The van der Waals surface area contributed by atoms with E-state index in [1.165, 1.54) is 27.5 Å². The zero-order valence-electron chi connectivity index (χ0n) is 12.9. The first-order chi connectivity index (χ1) is 10.00. The summed E-state index contributed by atoms with van der Waals surface area (Å²) in [6.07, 6.45) is 0. The fraction of sp³-hybridized carbons (Fsp3) is 0.263. The minimum atomic E-state index is -0.0352. The third kappa shape index (κ3) is 1.53. The van der Waals surface area contributed by atoms with E-state index >= 15 is 0 Å². The molecule has 2 nitrogen and oxygen atoms in total. The summed E-state index contributed by atoms with van der Waals surface area (Å²) < 4.78 is 0. The lowest BCUT2D eigenvalue weighted by Gasteiger charge is -2.22. The van der Waals surface area contributed by atoms with Crippen molar-refractivity contribution in [3.05, 3.63) is 59.0 Å². The summed E-state index contributed by atoms with van der Waals surface area (Å²) in [5.41, 5.74) is 6.12. The lowest BCUT2D eigenvalue weighted by atomic mass is 9.81. The zero-order chi connectivity index (χ0) is 14.8. The highest BCUT2D eigenvalue weighted by Crippen LogP contribution is 2.51. The molecule has 1 aliphatic rings. The number of fused-ring (bicyclic) bond motifs is 5. The van der Waals surface area contributed by atoms with Crippen LogP contribution < -0.4 is 0 Å². The zero-order valence-corrected chi connectivity index (χ0v) is 12.9. The average Bonchev–Trinajstić information content (AvgIpc) is 2.67. The van der Waals surface area contributed by atoms with Gasteiger partial charge in [-0.3, -0.25) is 0 Å². The molecule has 0 radical (unpaired) electrons. The first-order valence-electron chi connectivity index (χ1n) is 7.38. The Morgan fingerprint density at radius 3 is 2.48 bits per heavy atom. The highest BCUT2D eigenvalue weighted by Gasteiger charge is 2.39. The number of nitrogens with zero attached hydrogens (tertiary/aromatic N) is 2. The van der Waals surface area contributed by atoms with E-state index in [1.807, 2.05) is 6.92 Å². The molecule has 0 saturated heterocycles. The van der Waals surface area contributed by atoms with Crippen LogP contribution in [0.25, 0.3) is 22.0 Å². The van der Waals surface area contributed by atoms with E-state index in [-0.39, 0.29) is 5.41 Å². The van der Waals surface area contributed by atoms with Gasteiger partial charge in [0.2, 0.25) is 0 Å². The molecule has 2 aromatic carbocycles. The molecule has 1 heterocycles. The second-order valence-corrected chi connectivity index (χ2v) is 6.41. The SMILES string of the molecule is Cc1nc(C)c2c(n1)-c1c(ccc3ccccc13)C2(C)C. The van der Waals surface area contributed by atoms with Gasteiger partial charge in [0.05, 0.1) is 5.69 Å². The van der Waals surface area contributed by atoms with Crippen molar-refractivity contribution in [3.63, 3.8) is 0 Å². The van der Waals surface area contributed by atoms with Crippen LogP contribution in [0.15, 0.2) is 36.4 Å². The largest absolute Gasteiger partial charge is 0.238 e. The van der Waals surface area contributed by atoms with Crippen molar-refractivity contribution < 1.29 is 0 Å². The number of aromatic nitrogens is 2. The second-order valence-electron chi connectivity index (χ2n) is 6.41. The van der Waals surface area contributed by atoms with E-state index in [0.29, 0.717) is 0 Å². The second kappa shape index (κ2) is 3.91. The molecule has 0 saturated carbocycles. The van der Waals surface area contributed by atoms with Crippen LogP contribution in [-0.2, 0) is 5.41 Å². The normalized spacial score (nSPS) is 15.0. The van der Waals surface area contributed by atoms with Crippen molar-refractivity contribution in [3.8, 4) is 11.3 Å². The quantitative estimate of drug-likeness (QED) is 0.601. The number of rotatable bonds is 0. The highest BCUT2D eigenvalue weighted by molar-refractivity contribution is 6.01. The summed E-state index contributed by atoms with van der Waals surface area (Å²) in [6, 6.07) is 13.0. The van der Waals surface area contributed by atoms with Crippen LogP contribution in [0, 0.1) is 13.8 Å². The first-order valence-corrected chi connectivity index (χ1v) is 7.38. The fourth-order valence-electron chi connectivity index (χ4n) is 3.82. The van der Waals surface area contributed by atoms with Gasteiger partial charge in [0.15, 0.2) is 0 Å². The lowest BCUT2D eigenvalue weighted by Crippen LogP contribution is -2.17. The number of hydrogen-bond donors (Lipinski definition) is 0. The van der Waals surface area contributed by atoms with Gasteiger partial charge in [0, 0.05) is 22.2 Å². The highest BCUT2D eigenvalue weighted by atomic mass is 14.9. The maximum atomic E-state index is 4.79. The van der Waals surface area contributed by atoms with Crippen molar-refractivity contribution >= 4 is 10.8 Å². The Balaban J connectivity index is 2.23. The van der Waals surface area contributed by atoms with Crippen LogP contribution in [0.4, 0.5) is 0 Å². The van der Waals surface area contributed by atoms with Crippen molar-refractivity contribution in [1.29, 1.82) is 0 Å². The minimum Gasteiger partial charge on any atom is -0.238 e. The summed E-state index contributed by atoms with van der Waals surface area (Å²) in [5.74, 6) is 0.850. The van der Waals surface area contributed by atoms with Crippen molar-refractivity contribution in [2.75, 3.05) is 0 Å². The van der Waals surface area contributed by atoms with Gasteiger partial charge in [0.1, 0.15) is 5.82 Å². The lowest BCUT2D eigenvalue weighted by molar-refractivity contribution is 0.647. The molecule has 21 heavy (non-hydrogen) atoms. The van der Waals surface area contributed by atoms with Crippen molar-refractivity contribution in [1.82, 2.24) is 9.97 Å². The molecule has 1 aromatic heterocycles. The maximum Gasteiger partial charge on any atom is 0.126 e. The summed E-state index contributed by atoms with van der Waals surface area (Å²) in [5, 5.41) is 2.56. The molecule has 0 aliphatic heterocycles. The molecule has 4 rings (SSSR count). The predicted octanol–water partition coefficient (Wildman–Crippen LogP) is 4.55. The average molecular weight is 274 g/mol. The smallest absolute Gasteiger partial charge is 0.126 e. The van der Waals surface area contributed by atoms with Crippen LogP contribution in [0.2, 0.25) is 0 Å². The number of aryl methyl sites for hydroxylation is 2. The Bertz CT molecular complexity index is 891. The van der Waals surface area contributed by atoms with Gasteiger partial charge < -0.3 is 0 Å². The van der Waals surface area contributed by atoms with Crippen molar-refractivity contribution in [2.24, 2.45) is 0 Å². The van der Waals surface area contributed by atoms with E-state index < -0.39 is 0 Å². The van der Waals surface area contributed by atoms with Gasteiger partial charge in [-0.2, -0.15) is 0 Å². The van der Waals surface area contributed by atoms with Crippen LogP contribution in [-0.4, -0.2) is 9.97 Å². The molecular weight excluding hydrogens is 256 g/mol. The van der Waals surface area contributed by atoms with Crippen LogP contribution in [0.5, 0.6) is 0 Å². The molecule has 104 valence electrons. The van der Waals surface area contributed by atoms with Gasteiger partial charge in [0.25, 0.3) is 0 Å². The van der Waals surface area contributed by atoms with Crippen LogP contribution in [0.1, 0.15) is 36.5 Å². The molecular formula is C19H18N2. The molecule has 0 amide bonds. The first kappa shape index (κ1) is 12.5. The number of benzene rings is 2. The maximum absolute atomic E-state index is 4.79. The molecule has 0 unspecified atom stereocenters. The Labute approximate surface area is 124 Å². The standard InChI is InChI=1S/C19H18N2/c1-11-17-18(21-12(2)20-11)16-14-8-6-5-7-13(14)9-10-15(16)19(17,3)4/h5-10H,1-4H3. The predicted molar refractivity (Wildman–Crippen MR) is 86.6 cm³/mol. The Kier molecular flexibility index (Phi) is 2.33. The van der Waals surface area contributed by atoms with Gasteiger partial charge in [-0.05, 0) is 30.2 Å². The molecule has 0 atom stereocenters. The topological polar surface area (TPSA) is 25.8 Å². The van der Waals surface area contributed by atoms with Crippen molar-refractivity contribution in [2.45, 2.75) is 33.1 Å². The third-order valence-electron chi connectivity index (χ3n) is 4.67. The van der Waals surface area contributed by atoms with Gasteiger partial charge >= 0.3 is 0 Å². The Morgan fingerprint density at radius 1 is 0.905 bits per heavy atom. The summed E-state index contributed by atoms with van der Waals surface area (Å²) >= 11 is 0.